The molecule has 0 radical (unpaired) electrons. The number of benzene rings is 1. The monoisotopic (exact) mass is 274 g/mol. The van der Waals surface area contributed by atoms with Gasteiger partial charge in [0.15, 0.2) is 0 Å². The molecule has 0 aromatic heterocycles. The highest BCUT2D eigenvalue weighted by Gasteiger charge is 2.16. The van der Waals surface area contributed by atoms with Gasteiger partial charge in [-0.25, -0.2) is 0 Å². The van der Waals surface area contributed by atoms with Crippen molar-refractivity contribution in [2.75, 3.05) is 13.2 Å². The highest BCUT2D eigenvalue weighted by Crippen LogP contribution is 2.26. The third-order valence-corrected chi connectivity index (χ3v) is 3.45. The first kappa shape index (κ1) is 16.5. The summed E-state index contributed by atoms with van der Waals surface area (Å²) in [6.07, 6.45) is 2.65. The number of aryl methyl sites for hydroxylation is 2. The molecule has 0 fully saturated rings. The SMILES string of the molecule is Cc1cc(CCN)cc(C)c1OCCCC(C)(C)C#N. The lowest BCUT2D eigenvalue weighted by Gasteiger charge is -2.17. The molecule has 0 aliphatic heterocycles. The first-order valence-electron chi connectivity index (χ1n) is 7.24. The van der Waals surface area contributed by atoms with Crippen LogP contribution < -0.4 is 10.5 Å². The minimum atomic E-state index is -0.265. The molecule has 0 atom stereocenters. The van der Waals surface area contributed by atoms with Crippen molar-refractivity contribution in [2.45, 2.75) is 47.0 Å². The number of nitrogens with two attached hydrogens (primary N) is 1. The van der Waals surface area contributed by atoms with Gasteiger partial charge in [0.2, 0.25) is 0 Å². The van der Waals surface area contributed by atoms with Crippen LogP contribution in [0.4, 0.5) is 0 Å². The molecular weight excluding hydrogens is 248 g/mol. The molecule has 0 saturated heterocycles. The summed E-state index contributed by atoms with van der Waals surface area (Å²) >= 11 is 0. The fourth-order valence-electron chi connectivity index (χ4n) is 2.32. The smallest absolute Gasteiger partial charge is 0.125 e. The maximum absolute atomic E-state index is 8.98. The van der Waals surface area contributed by atoms with Crippen molar-refractivity contribution in [1.82, 2.24) is 0 Å². The van der Waals surface area contributed by atoms with Crippen LogP contribution in [-0.2, 0) is 6.42 Å². The molecule has 110 valence electrons. The van der Waals surface area contributed by atoms with E-state index in [1.807, 2.05) is 13.8 Å². The van der Waals surface area contributed by atoms with E-state index in [4.69, 9.17) is 15.7 Å². The van der Waals surface area contributed by atoms with Crippen LogP contribution in [0.5, 0.6) is 5.75 Å². The van der Waals surface area contributed by atoms with Crippen molar-refractivity contribution in [3.05, 3.63) is 28.8 Å². The molecular formula is C17H26N2O. The van der Waals surface area contributed by atoms with Crippen LogP contribution in [0.3, 0.4) is 0 Å². The molecule has 0 heterocycles. The highest BCUT2D eigenvalue weighted by atomic mass is 16.5. The molecule has 0 unspecified atom stereocenters. The molecule has 0 amide bonds. The maximum Gasteiger partial charge on any atom is 0.125 e. The van der Waals surface area contributed by atoms with Gasteiger partial charge in [-0.05, 0) is 70.2 Å². The minimum Gasteiger partial charge on any atom is -0.493 e. The highest BCUT2D eigenvalue weighted by molar-refractivity contribution is 5.43. The summed E-state index contributed by atoms with van der Waals surface area (Å²) < 4.78 is 5.90. The van der Waals surface area contributed by atoms with E-state index in [0.717, 1.165) is 36.1 Å². The third-order valence-electron chi connectivity index (χ3n) is 3.45. The molecule has 1 aromatic rings. The number of ether oxygens (including phenoxy) is 1. The summed E-state index contributed by atoms with van der Waals surface area (Å²) in [7, 11) is 0. The van der Waals surface area contributed by atoms with E-state index < -0.39 is 0 Å². The normalized spacial score (nSPS) is 11.2. The van der Waals surface area contributed by atoms with E-state index in [9.17, 15) is 0 Å². The fourth-order valence-corrected chi connectivity index (χ4v) is 2.32. The van der Waals surface area contributed by atoms with Gasteiger partial charge in [0.05, 0.1) is 18.1 Å². The van der Waals surface area contributed by atoms with Gasteiger partial charge in [0.25, 0.3) is 0 Å². The molecule has 0 aliphatic carbocycles. The van der Waals surface area contributed by atoms with Gasteiger partial charge in [0, 0.05) is 0 Å². The van der Waals surface area contributed by atoms with Crippen LogP contribution in [0.15, 0.2) is 12.1 Å². The predicted molar refractivity (Wildman–Crippen MR) is 82.8 cm³/mol. The maximum atomic E-state index is 8.98. The van der Waals surface area contributed by atoms with E-state index in [-0.39, 0.29) is 5.41 Å². The lowest BCUT2D eigenvalue weighted by atomic mass is 9.90. The Morgan fingerprint density at radius 1 is 1.25 bits per heavy atom. The molecule has 0 spiro atoms. The lowest BCUT2D eigenvalue weighted by molar-refractivity contribution is 0.281. The van der Waals surface area contributed by atoms with Crippen LogP contribution in [0.1, 0.15) is 43.4 Å². The zero-order chi connectivity index (χ0) is 15.2. The van der Waals surface area contributed by atoms with Crippen molar-refractivity contribution < 1.29 is 4.74 Å². The second kappa shape index (κ2) is 7.31. The van der Waals surface area contributed by atoms with Crippen LogP contribution in [0.25, 0.3) is 0 Å². The average molecular weight is 274 g/mol. The summed E-state index contributed by atoms with van der Waals surface area (Å²) in [6.45, 7) is 9.39. The molecule has 20 heavy (non-hydrogen) atoms. The Morgan fingerprint density at radius 3 is 2.35 bits per heavy atom. The van der Waals surface area contributed by atoms with Crippen molar-refractivity contribution in [2.24, 2.45) is 11.1 Å². The van der Waals surface area contributed by atoms with Gasteiger partial charge < -0.3 is 10.5 Å². The summed E-state index contributed by atoms with van der Waals surface area (Å²) in [5.41, 5.74) is 8.91. The van der Waals surface area contributed by atoms with Crippen molar-refractivity contribution in [3.63, 3.8) is 0 Å². The Bertz CT molecular complexity index is 463. The number of nitriles is 1. The average Bonchev–Trinajstić information content (AvgIpc) is 2.37. The molecule has 3 heteroatoms. The number of hydrogen-bond donors (Lipinski definition) is 1. The molecule has 1 rings (SSSR count). The second-order valence-electron chi connectivity index (χ2n) is 6.05. The first-order valence-corrected chi connectivity index (χ1v) is 7.24. The molecule has 0 bridgehead atoms. The predicted octanol–water partition coefficient (Wildman–Crippen LogP) is 3.51. The summed E-state index contributed by atoms with van der Waals surface area (Å²) in [5.74, 6) is 0.973. The summed E-state index contributed by atoms with van der Waals surface area (Å²) in [6, 6.07) is 6.61. The van der Waals surface area contributed by atoms with Crippen LogP contribution >= 0.6 is 0 Å². The lowest BCUT2D eigenvalue weighted by Crippen LogP contribution is -2.11. The van der Waals surface area contributed by atoms with Crippen LogP contribution in [0.2, 0.25) is 0 Å². The topological polar surface area (TPSA) is 59.0 Å². The zero-order valence-corrected chi connectivity index (χ0v) is 13.1. The first-order chi connectivity index (χ1) is 9.39. The molecule has 0 aliphatic rings. The molecule has 3 nitrogen and oxygen atoms in total. The Balaban J connectivity index is 2.59. The Kier molecular flexibility index (Phi) is 6.04. The van der Waals surface area contributed by atoms with Gasteiger partial charge in [-0.15, -0.1) is 0 Å². The third kappa shape index (κ3) is 4.86. The van der Waals surface area contributed by atoms with E-state index in [2.05, 4.69) is 32.0 Å². The van der Waals surface area contributed by atoms with E-state index in [1.165, 1.54) is 5.56 Å². The van der Waals surface area contributed by atoms with Crippen molar-refractivity contribution >= 4 is 0 Å². The largest absolute Gasteiger partial charge is 0.493 e. The fraction of sp³-hybridized carbons (Fsp3) is 0.588. The Hall–Kier alpha value is -1.53. The van der Waals surface area contributed by atoms with E-state index >= 15 is 0 Å². The minimum absolute atomic E-state index is 0.265. The van der Waals surface area contributed by atoms with Crippen LogP contribution in [-0.4, -0.2) is 13.2 Å². The standard InChI is InChI=1S/C17H26N2O/c1-13-10-15(6-8-18)11-14(2)16(13)20-9-5-7-17(3,4)12-19/h10-11H,5-9,18H2,1-4H3. The van der Waals surface area contributed by atoms with Crippen molar-refractivity contribution in [1.29, 1.82) is 5.26 Å². The van der Waals surface area contributed by atoms with Gasteiger partial charge in [-0.3, -0.25) is 0 Å². The molecule has 1 aromatic carbocycles. The number of rotatable bonds is 7. The van der Waals surface area contributed by atoms with Gasteiger partial charge >= 0.3 is 0 Å². The van der Waals surface area contributed by atoms with E-state index in [1.54, 1.807) is 0 Å². The van der Waals surface area contributed by atoms with Gasteiger partial charge in [-0.2, -0.15) is 5.26 Å². The molecule has 0 saturated carbocycles. The summed E-state index contributed by atoms with van der Waals surface area (Å²) in [5, 5.41) is 8.98. The van der Waals surface area contributed by atoms with E-state index in [0.29, 0.717) is 13.2 Å². The van der Waals surface area contributed by atoms with Crippen molar-refractivity contribution in [3.8, 4) is 11.8 Å². The van der Waals surface area contributed by atoms with Gasteiger partial charge in [0.1, 0.15) is 5.75 Å². The quantitative estimate of drug-likeness (QED) is 0.774. The van der Waals surface area contributed by atoms with Crippen LogP contribution in [0, 0.1) is 30.6 Å². The molecule has 2 N–H and O–H groups in total. The Morgan fingerprint density at radius 2 is 1.85 bits per heavy atom. The van der Waals surface area contributed by atoms with Gasteiger partial charge in [-0.1, -0.05) is 12.1 Å². The second-order valence-corrected chi connectivity index (χ2v) is 6.05. The number of hydrogen-bond acceptors (Lipinski definition) is 3. The Labute approximate surface area is 122 Å². The number of nitrogens with zero attached hydrogens (tertiary/aromatic N) is 1. The zero-order valence-electron chi connectivity index (χ0n) is 13.1. The summed E-state index contributed by atoms with van der Waals surface area (Å²) in [4.78, 5) is 0.